The second-order valence-corrected chi connectivity index (χ2v) is 1.01. The van der Waals surface area contributed by atoms with Crippen molar-refractivity contribution in [1.82, 2.24) is 18.5 Å². The van der Waals surface area contributed by atoms with E-state index in [-0.39, 0.29) is 201 Å². The summed E-state index contributed by atoms with van der Waals surface area (Å²) in [5.74, 6) is 0. The van der Waals surface area contributed by atoms with Crippen molar-refractivity contribution in [3.63, 3.8) is 0 Å². The van der Waals surface area contributed by atoms with E-state index in [0.717, 1.165) is 0 Å². The van der Waals surface area contributed by atoms with Crippen molar-refractivity contribution < 1.29 is 175 Å². The molecule has 228 valence electrons. The van der Waals surface area contributed by atoms with Crippen LogP contribution in [0.3, 0.4) is 0 Å². The molecule has 23 heteroatoms. The van der Waals surface area contributed by atoms with Gasteiger partial charge in [0.2, 0.25) is 0 Å². The fourth-order valence-electron chi connectivity index (χ4n) is 0.148. The molecular formula is C10H56N3Nd2O18-. The molecule has 0 atom stereocenters. The van der Waals surface area contributed by atoms with E-state index < -0.39 is 12.3 Å². The van der Waals surface area contributed by atoms with Crippen LogP contribution in [0.25, 0.3) is 0 Å². The van der Waals surface area contributed by atoms with Gasteiger partial charge in [0.05, 0.1) is 0 Å². The SMILES string of the molecule is C.C.C.C.C.C.C.N.N.N.O.O.O.O.O.O.O.O.O.O=[C-]OOC(=O)OOC(=O)OO.[Nd].[Nd]. The van der Waals surface area contributed by atoms with Gasteiger partial charge in [-0.2, -0.15) is 24.6 Å². The number of carbonyl (C=O) groups excluding carboxylic acids is 3. The fraction of sp³-hybridized carbons (Fsp3) is 0.700. The number of hydrogen-bond acceptors (Lipinski definition) is 12. The predicted molar refractivity (Wildman–Crippen MR) is 119 cm³/mol. The summed E-state index contributed by atoms with van der Waals surface area (Å²) in [4.78, 5) is 45.5. The van der Waals surface area contributed by atoms with E-state index in [2.05, 4.69) is 24.4 Å². The molecule has 0 aliphatic carbocycles. The van der Waals surface area contributed by atoms with Gasteiger partial charge in [0, 0.05) is 81.7 Å². The molecule has 0 saturated heterocycles. The maximum Gasteiger partial charge on any atom is 0.589 e. The third-order valence-corrected chi connectivity index (χ3v) is 0.396. The standard InChI is InChI=1S/C3HO9.7CH4.3H3N.2Nd.9H2O/c4-1-8-10-3(6)12-11-2(5)9-7;;;;;;;;;;;;;;;;;;;;;/h7H;7*1H4;3*1H3;;;9*1H2/q-1;;;;;;;;;;;;;;;;;;;;;. The third-order valence-electron chi connectivity index (χ3n) is 0.396. The summed E-state index contributed by atoms with van der Waals surface area (Å²) in [6.07, 6.45) is -3.37. The van der Waals surface area contributed by atoms with Crippen molar-refractivity contribution >= 4 is 18.8 Å². The van der Waals surface area contributed by atoms with E-state index in [4.69, 9.17) is 5.26 Å². The molecule has 0 saturated carbocycles. The molecule has 21 nitrogen and oxygen atoms in total. The second-order valence-electron chi connectivity index (χ2n) is 1.01. The Hall–Kier alpha value is 0.191. The van der Waals surface area contributed by atoms with Crippen molar-refractivity contribution in [1.29, 1.82) is 0 Å². The summed E-state index contributed by atoms with van der Waals surface area (Å²) in [6, 6.07) is 0. The molecule has 0 aromatic rings. The van der Waals surface area contributed by atoms with E-state index in [9.17, 15) is 14.4 Å². The average Bonchev–Trinajstić information content (AvgIpc) is 2.10. The van der Waals surface area contributed by atoms with E-state index in [1.807, 2.05) is 0 Å². The van der Waals surface area contributed by atoms with Gasteiger partial charge < -0.3 is 77.4 Å². The minimum atomic E-state index is -1.71. The van der Waals surface area contributed by atoms with Gasteiger partial charge in [0.15, 0.2) is 0 Å². The molecule has 28 N–H and O–H groups in total. The third kappa shape index (κ3) is 234. The van der Waals surface area contributed by atoms with Crippen LogP contribution in [0.4, 0.5) is 9.59 Å². The molecule has 0 fully saturated rings. The first kappa shape index (κ1) is 275. The first-order valence-electron chi connectivity index (χ1n) is 2.15. The molecule has 0 rings (SSSR count). The van der Waals surface area contributed by atoms with Crippen molar-refractivity contribution in [3.05, 3.63) is 0 Å². The Balaban J connectivity index is -0.00000000288. The van der Waals surface area contributed by atoms with Crippen LogP contribution in [0.15, 0.2) is 0 Å². The van der Waals surface area contributed by atoms with Crippen LogP contribution >= 0.6 is 0 Å². The molecule has 0 aliphatic heterocycles. The van der Waals surface area contributed by atoms with Crippen LogP contribution in [0.1, 0.15) is 52.0 Å². The molecule has 0 aromatic heterocycles. The first-order valence-corrected chi connectivity index (χ1v) is 2.15. The largest absolute Gasteiger partial charge is 0.589 e. The van der Waals surface area contributed by atoms with Gasteiger partial charge in [-0.3, -0.25) is 4.89 Å². The molecule has 0 spiro atoms. The molecule has 0 amide bonds. The molecule has 0 aliphatic rings. The Kier molecular flexibility index (Phi) is 1750. The summed E-state index contributed by atoms with van der Waals surface area (Å²) in [7, 11) is 0. The number of carbonyl (C=O) groups is 2. The van der Waals surface area contributed by atoms with Gasteiger partial charge in [0.25, 0.3) is 0 Å². The van der Waals surface area contributed by atoms with E-state index in [0.29, 0.717) is 6.47 Å². The molecule has 0 aromatic carbocycles. The van der Waals surface area contributed by atoms with Crippen molar-refractivity contribution in [2.75, 3.05) is 0 Å². The summed E-state index contributed by atoms with van der Waals surface area (Å²) in [5.41, 5.74) is 0. The van der Waals surface area contributed by atoms with Gasteiger partial charge in [-0.1, -0.05) is 52.0 Å². The van der Waals surface area contributed by atoms with E-state index in [1.165, 1.54) is 0 Å². The summed E-state index contributed by atoms with van der Waals surface area (Å²) in [5, 5.41) is 7.52. The summed E-state index contributed by atoms with van der Waals surface area (Å²) >= 11 is 0. The number of rotatable bonds is 2. The minimum Gasteiger partial charge on any atom is -0.494 e. The Morgan fingerprint density at radius 2 is 0.727 bits per heavy atom. The Bertz CT molecular complexity index is 214. The van der Waals surface area contributed by atoms with Crippen LogP contribution in [0.5, 0.6) is 0 Å². The van der Waals surface area contributed by atoms with Crippen LogP contribution in [0, 0.1) is 81.7 Å². The summed E-state index contributed by atoms with van der Waals surface area (Å²) < 4.78 is 0. The van der Waals surface area contributed by atoms with Gasteiger partial charge >= 0.3 is 12.3 Å². The fourth-order valence-corrected chi connectivity index (χ4v) is 0.148. The predicted octanol–water partition coefficient (Wildman–Crippen LogP) is -2.80. The van der Waals surface area contributed by atoms with Crippen LogP contribution in [-0.4, -0.2) is 73.3 Å². The monoisotopic (exact) mass is 790 g/mol. The minimum absolute atomic E-state index is 0. The molecule has 33 heavy (non-hydrogen) atoms. The Morgan fingerprint density at radius 3 is 0.909 bits per heavy atom. The van der Waals surface area contributed by atoms with Crippen molar-refractivity contribution in [2.24, 2.45) is 0 Å². The van der Waals surface area contributed by atoms with E-state index in [1.54, 1.807) is 0 Å². The van der Waals surface area contributed by atoms with Crippen LogP contribution in [0.2, 0.25) is 0 Å². The molecule has 0 heterocycles. The van der Waals surface area contributed by atoms with E-state index >= 15 is 0 Å². The zero-order chi connectivity index (χ0) is 9.40. The Labute approximate surface area is 261 Å². The average molecular weight is 795 g/mol. The van der Waals surface area contributed by atoms with Crippen LogP contribution in [-0.2, 0) is 29.2 Å². The van der Waals surface area contributed by atoms with Crippen LogP contribution < -0.4 is 18.5 Å². The molecule has 0 radical (unpaired) electrons. The smallest absolute Gasteiger partial charge is 0.494 e. The second kappa shape index (κ2) is 211. The van der Waals surface area contributed by atoms with Gasteiger partial charge in [-0.25, -0.2) is 4.89 Å². The molecule has 0 unspecified atom stereocenters. The zero-order valence-corrected chi connectivity index (χ0v) is 19.3. The molecular weight excluding hydrogens is 739 g/mol. The zero-order valence-electron chi connectivity index (χ0n) is 12.8. The van der Waals surface area contributed by atoms with Crippen molar-refractivity contribution in [2.45, 2.75) is 52.0 Å². The number of hydrogen-bond donors (Lipinski definition) is 4. The quantitative estimate of drug-likeness (QED) is 0.125. The maximum atomic E-state index is 10.1. The van der Waals surface area contributed by atoms with Gasteiger partial charge in [-0.15, -0.1) is 0 Å². The topological polar surface area (TPSA) is 506 Å². The Morgan fingerprint density at radius 1 is 0.515 bits per heavy atom. The van der Waals surface area contributed by atoms with Gasteiger partial charge in [-0.05, 0) is 6.47 Å². The molecule has 0 bridgehead atoms. The van der Waals surface area contributed by atoms with Crippen molar-refractivity contribution in [3.8, 4) is 0 Å². The van der Waals surface area contributed by atoms with Gasteiger partial charge in [0.1, 0.15) is 0 Å². The summed E-state index contributed by atoms with van der Waals surface area (Å²) in [6.45, 7) is 0.706. The normalized spacial score (nSPS) is 2.82. The first-order chi connectivity index (χ1) is 5.70. The maximum absolute atomic E-state index is 10.1.